The molecule has 0 saturated carbocycles. The van der Waals surface area contributed by atoms with Gasteiger partial charge in [0, 0.05) is 41.8 Å². The number of anilines is 4. The van der Waals surface area contributed by atoms with Gasteiger partial charge in [-0.15, -0.1) is 0 Å². The summed E-state index contributed by atoms with van der Waals surface area (Å²) in [4.78, 5) is 23.9. The van der Waals surface area contributed by atoms with Crippen LogP contribution in [-0.4, -0.2) is 29.0 Å². The Kier molecular flexibility index (Phi) is 6.08. The fourth-order valence-corrected chi connectivity index (χ4v) is 3.54. The maximum atomic E-state index is 12.4. The maximum absolute atomic E-state index is 12.4. The van der Waals surface area contributed by atoms with E-state index in [-0.39, 0.29) is 5.91 Å². The molecule has 3 aromatic rings. The third kappa shape index (κ3) is 5.17. The van der Waals surface area contributed by atoms with Gasteiger partial charge in [-0.1, -0.05) is 0 Å². The van der Waals surface area contributed by atoms with Gasteiger partial charge < -0.3 is 15.5 Å². The highest BCUT2D eigenvalue weighted by atomic mass is 16.1. The van der Waals surface area contributed by atoms with Crippen molar-refractivity contribution in [3.05, 3.63) is 71.4 Å². The average Bonchev–Trinajstić information content (AvgIpc) is 2.80. The van der Waals surface area contributed by atoms with Crippen LogP contribution < -0.4 is 15.5 Å². The van der Waals surface area contributed by atoms with Crippen LogP contribution in [-0.2, 0) is 0 Å². The van der Waals surface area contributed by atoms with Crippen molar-refractivity contribution >= 4 is 29.0 Å². The zero-order valence-electron chi connectivity index (χ0n) is 17.4. The van der Waals surface area contributed by atoms with Crippen molar-refractivity contribution < 1.29 is 4.79 Å². The molecule has 0 spiro atoms. The van der Waals surface area contributed by atoms with Crippen LogP contribution in [0.15, 0.2) is 54.6 Å². The molecule has 0 radical (unpaired) electrons. The number of nitriles is 1. The van der Waals surface area contributed by atoms with E-state index in [0.717, 1.165) is 36.2 Å². The van der Waals surface area contributed by atoms with Crippen LogP contribution in [0.1, 0.15) is 40.9 Å². The number of hydrogen-bond acceptors (Lipinski definition) is 6. The van der Waals surface area contributed by atoms with E-state index in [2.05, 4.69) is 25.5 Å². The highest BCUT2D eigenvalue weighted by Gasteiger charge is 2.15. The Bertz CT molecular complexity index is 1100. The van der Waals surface area contributed by atoms with Crippen LogP contribution >= 0.6 is 0 Å². The lowest BCUT2D eigenvalue weighted by atomic mass is 10.1. The first-order valence-corrected chi connectivity index (χ1v) is 10.4. The highest BCUT2D eigenvalue weighted by Crippen LogP contribution is 2.22. The third-order valence-corrected chi connectivity index (χ3v) is 5.17. The molecule has 2 N–H and O–H groups in total. The number of nitrogens with one attached hydrogen (secondary N) is 2. The van der Waals surface area contributed by atoms with Crippen LogP contribution in [0.25, 0.3) is 0 Å². The van der Waals surface area contributed by atoms with Gasteiger partial charge in [0.05, 0.1) is 11.6 Å². The minimum Gasteiger partial charge on any atom is -0.341 e. The molecule has 0 bridgehead atoms. The second-order valence-electron chi connectivity index (χ2n) is 7.59. The van der Waals surface area contributed by atoms with E-state index in [1.807, 2.05) is 43.3 Å². The summed E-state index contributed by atoms with van der Waals surface area (Å²) in [6.07, 6.45) is 3.62. The Balaban J connectivity index is 1.42. The van der Waals surface area contributed by atoms with Crippen LogP contribution in [0.4, 0.5) is 23.1 Å². The normalized spacial score (nSPS) is 13.4. The molecule has 0 atom stereocenters. The predicted molar refractivity (Wildman–Crippen MR) is 122 cm³/mol. The Hall–Kier alpha value is -3.92. The summed E-state index contributed by atoms with van der Waals surface area (Å²) < 4.78 is 0. The molecule has 31 heavy (non-hydrogen) atoms. The summed E-state index contributed by atoms with van der Waals surface area (Å²) in [6, 6.07) is 18.0. The van der Waals surface area contributed by atoms with Crippen molar-refractivity contribution in [3.8, 4) is 6.07 Å². The van der Waals surface area contributed by atoms with Crippen molar-refractivity contribution in [2.75, 3.05) is 28.6 Å². The molecule has 0 aliphatic carbocycles. The van der Waals surface area contributed by atoms with E-state index in [4.69, 9.17) is 5.26 Å². The summed E-state index contributed by atoms with van der Waals surface area (Å²) in [5.41, 5.74) is 3.51. The lowest BCUT2D eigenvalue weighted by molar-refractivity contribution is 0.102. The van der Waals surface area contributed by atoms with Crippen molar-refractivity contribution in [2.45, 2.75) is 26.2 Å². The lowest BCUT2D eigenvalue weighted by Gasteiger charge is -2.27. The van der Waals surface area contributed by atoms with Crippen molar-refractivity contribution in [1.29, 1.82) is 5.26 Å². The molecule has 1 saturated heterocycles. The summed E-state index contributed by atoms with van der Waals surface area (Å²) in [5.74, 6) is 1.30. The number of aryl methyl sites for hydroxylation is 1. The number of nitrogens with zero attached hydrogens (tertiary/aromatic N) is 4. The number of aromatic nitrogens is 2. The van der Waals surface area contributed by atoms with Gasteiger partial charge in [0.1, 0.15) is 5.82 Å². The summed E-state index contributed by atoms with van der Waals surface area (Å²) in [6.45, 7) is 3.97. The number of rotatable bonds is 5. The molecular formula is C24H24N6O. The third-order valence-electron chi connectivity index (χ3n) is 5.17. The number of carbonyl (C=O) groups excluding carboxylic acids is 1. The second kappa shape index (κ2) is 9.26. The number of amides is 1. The Morgan fingerprint density at radius 3 is 2.32 bits per heavy atom. The quantitative estimate of drug-likeness (QED) is 0.634. The van der Waals surface area contributed by atoms with E-state index in [9.17, 15) is 4.79 Å². The SMILES string of the molecule is Cc1cc(Nc2ccc(NC(=O)c3ccc(C#N)cc3)cc2)nc(N2CCCCC2)n1. The molecule has 1 fully saturated rings. The monoisotopic (exact) mass is 412 g/mol. The largest absolute Gasteiger partial charge is 0.341 e. The molecule has 1 aromatic heterocycles. The zero-order valence-corrected chi connectivity index (χ0v) is 17.4. The minimum absolute atomic E-state index is 0.220. The predicted octanol–water partition coefficient (Wildman–Crippen LogP) is 4.64. The van der Waals surface area contributed by atoms with Crippen LogP contribution in [0.5, 0.6) is 0 Å². The van der Waals surface area contributed by atoms with Crippen molar-refractivity contribution in [2.24, 2.45) is 0 Å². The summed E-state index contributed by atoms with van der Waals surface area (Å²) in [7, 11) is 0. The molecule has 156 valence electrons. The molecule has 1 aliphatic heterocycles. The topological polar surface area (TPSA) is 93.9 Å². The standard InChI is InChI=1S/C24H24N6O/c1-17-15-22(29-24(26-17)30-13-3-2-4-14-30)27-20-9-11-21(12-10-20)28-23(31)19-7-5-18(16-25)6-8-19/h5-12,15H,2-4,13-14H2,1H3,(H,28,31)(H,26,27,29). The maximum Gasteiger partial charge on any atom is 0.255 e. The fraction of sp³-hybridized carbons (Fsp3) is 0.250. The first-order valence-electron chi connectivity index (χ1n) is 10.4. The van der Waals surface area contributed by atoms with Crippen molar-refractivity contribution in [3.63, 3.8) is 0 Å². The average molecular weight is 412 g/mol. The minimum atomic E-state index is -0.220. The molecule has 0 unspecified atom stereocenters. The van der Waals surface area contributed by atoms with Gasteiger partial charge in [0.25, 0.3) is 5.91 Å². The summed E-state index contributed by atoms with van der Waals surface area (Å²) >= 11 is 0. The van der Waals surface area contributed by atoms with Gasteiger partial charge in [-0.05, 0) is 74.7 Å². The molecule has 1 aliphatic rings. The zero-order chi connectivity index (χ0) is 21.6. The number of piperidine rings is 1. The molecule has 7 heteroatoms. The van der Waals surface area contributed by atoms with Gasteiger partial charge in [0.2, 0.25) is 5.95 Å². The van der Waals surface area contributed by atoms with Gasteiger partial charge in [-0.3, -0.25) is 4.79 Å². The Labute approximate surface area is 181 Å². The molecule has 2 aromatic carbocycles. The second-order valence-corrected chi connectivity index (χ2v) is 7.59. The molecular weight excluding hydrogens is 388 g/mol. The van der Waals surface area contributed by atoms with E-state index >= 15 is 0 Å². The van der Waals surface area contributed by atoms with Gasteiger partial charge in [-0.2, -0.15) is 10.2 Å². The first kappa shape index (κ1) is 20.4. The molecule has 1 amide bonds. The fourth-order valence-electron chi connectivity index (χ4n) is 3.54. The summed E-state index contributed by atoms with van der Waals surface area (Å²) in [5, 5.41) is 15.1. The van der Waals surface area contributed by atoms with Gasteiger partial charge in [0.15, 0.2) is 0 Å². The smallest absolute Gasteiger partial charge is 0.255 e. The highest BCUT2D eigenvalue weighted by molar-refractivity contribution is 6.04. The molecule has 7 nitrogen and oxygen atoms in total. The lowest BCUT2D eigenvalue weighted by Crippen LogP contribution is -2.31. The number of hydrogen-bond donors (Lipinski definition) is 2. The number of benzene rings is 2. The number of carbonyl (C=O) groups is 1. The van der Waals surface area contributed by atoms with E-state index in [0.29, 0.717) is 16.8 Å². The van der Waals surface area contributed by atoms with Gasteiger partial charge >= 0.3 is 0 Å². The van der Waals surface area contributed by atoms with E-state index < -0.39 is 0 Å². The van der Waals surface area contributed by atoms with E-state index in [1.165, 1.54) is 19.3 Å². The Morgan fingerprint density at radius 2 is 1.65 bits per heavy atom. The Morgan fingerprint density at radius 1 is 0.968 bits per heavy atom. The van der Waals surface area contributed by atoms with E-state index in [1.54, 1.807) is 24.3 Å². The van der Waals surface area contributed by atoms with Crippen molar-refractivity contribution in [1.82, 2.24) is 9.97 Å². The van der Waals surface area contributed by atoms with Crippen LogP contribution in [0.3, 0.4) is 0 Å². The molecule has 2 heterocycles. The van der Waals surface area contributed by atoms with Crippen LogP contribution in [0.2, 0.25) is 0 Å². The van der Waals surface area contributed by atoms with Crippen LogP contribution in [0, 0.1) is 18.3 Å². The van der Waals surface area contributed by atoms with Gasteiger partial charge in [-0.25, -0.2) is 4.98 Å². The molecule has 4 rings (SSSR count). The first-order chi connectivity index (χ1) is 15.1.